The van der Waals surface area contributed by atoms with E-state index in [0.717, 1.165) is 87.7 Å². The van der Waals surface area contributed by atoms with Gasteiger partial charge in [-0.1, -0.05) is 6.07 Å². The molecular formula is C33H41N7O2. The number of aryl methyl sites for hydroxylation is 1. The normalized spacial score (nSPS) is 22.9. The largest absolute Gasteiger partial charge is 0.489 e. The molecule has 220 valence electrons. The van der Waals surface area contributed by atoms with Crippen LogP contribution < -0.4 is 20.7 Å². The first-order valence-electron chi connectivity index (χ1n) is 15.0. The number of nitrogens with one attached hydrogen (secondary N) is 1. The van der Waals surface area contributed by atoms with E-state index in [0.29, 0.717) is 28.9 Å². The van der Waals surface area contributed by atoms with Crippen LogP contribution in [0.3, 0.4) is 0 Å². The Bertz CT molecular complexity index is 1450. The van der Waals surface area contributed by atoms with Crippen LogP contribution in [-0.2, 0) is 4.74 Å². The summed E-state index contributed by atoms with van der Waals surface area (Å²) in [4.78, 5) is 11.8. The van der Waals surface area contributed by atoms with Crippen LogP contribution in [0.2, 0.25) is 0 Å². The third kappa shape index (κ3) is 5.75. The highest BCUT2D eigenvalue weighted by Gasteiger charge is 2.29. The van der Waals surface area contributed by atoms with Gasteiger partial charge in [-0.3, -0.25) is 9.89 Å². The summed E-state index contributed by atoms with van der Waals surface area (Å²) in [5.41, 5.74) is 14.0. The first kappa shape index (κ1) is 28.3. The maximum Gasteiger partial charge on any atom is 0.137 e. The Balaban J connectivity index is 1.19. The monoisotopic (exact) mass is 567 g/mol. The van der Waals surface area contributed by atoms with Crippen molar-refractivity contribution in [1.82, 2.24) is 15.1 Å². The van der Waals surface area contributed by atoms with E-state index >= 15 is 0 Å². The second kappa shape index (κ2) is 12.2. The SMILES string of the molecule is C/N=C1/NC(c2ccc(N3CCN(C4COC4)CC3)c(C)c2)=C/C1=C(/N)c1ccc(OC2CCN(C)CC2)c(C#N)c1. The lowest BCUT2D eigenvalue weighted by Gasteiger charge is -2.43. The van der Waals surface area contributed by atoms with E-state index < -0.39 is 0 Å². The zero-order chi connectivity index (χ0) is 29.2. The number of nitrogens with zero attached hydrogens (tertiary/aromatic N) is 5. The van der Waals surface area contributed by atoms with Gasteiger partial charge in [0.05, 0.1) is 24.8 Å². The van der Waals surface area contributed by atoms with Crippen molar-refractivity contribution in [2.75, 3.05) is 71.5 Å². The summed E-state index contributed by atoms with van der Waals surface area (Å²) < 4.78 is 11.6. The molecule has 0 aromatic heterocycles. The van der Waals surface area contributed by atoms with Crippen molar-refractivity contribution in [2.24, 2.45) is 10.7 Å². The molecule has 0 atom stereocenters. The van der Waals surface area contributed by atoms with Gasteiger partial charge < -0.3 is 30.3 Å². The highest BCUT2D eigenvalue weighted by molar-refractivity contribution is 6.15. The molecule has 4 heterocycles. The van der Waals surface area contributed by atoms with E-state index in [9.17, 15) is 5.26 Å². The average Bonchev–Trinajstić information content (AvgIpc) is 3.42. The van der Waals surface area contributed by atoms with Gasteiger partial charge in [0.2, 0.25) is 0 Å². The van der Waals surface area contributed by atoms with Crippen LogP contribution in [0.5, 0.6) is 5.75 Å². The molecule has 0 unspecified atom stereocenters. The highest BCUT2D eigenvalue weighted by atomic mass is 16.5. The van der Waals surface area contributed by atoms with Gasteiger partial charge >= 0.3 is 0 Å². The molecule has 3 saturated heterocycles. The van der Waals surface area contributed by atoms with Gasteiger partial charge in [0.1, 0.15) is 23.8 Å². The molecule has 0 radical (unpaired) electrons. The second-order valence-electron chi connectivity index (χ2n) is 11.7. The molecule has 3 fully saturated rings. The summed E-state index contributed by atoms with van der Waals surface area (Å²) in [5, 5.41) is 13.4. The first-order valence-corrected chi connectivity index (χ1v) is 15.0. The smallest absolute Gasteiger partial charge is 0.137 e. The fourth-order valence-electron chi connectivity index (χ4n) is 6.25. The molecule has 9 heteroatoms. The first-order chi connectivity index (χ1) is 20.4. The van der Waals surface area contributed by atoms with E-state index in [-0.39, 0.29) is 6.10 Å². The zero-order valence-electron chi connectivity index (χ0n) is 24.9. The van der Waals surface area contributed by atoms with Crippen LogP contribution >= 0.6 is 0 Å². The minimum atomic E-state index is 0.125. The third-order valence-electron chi connectivity index (χ3n) is 8.98. The average molecular weight is 568 g/mol. The van der Waals surface area contributed by atoms with Gasteiger partial charge in [0.15, 0.2) is 0 Å². The molecule has 3 N–H and O–H groups in total. The van der Waals surface area contributed by atoms with E-state index in [4.69, 9.17) is 15.2 Å². The van der Waals surface area contributed by atoms with Crippen LogP contribution in [0.1, 0.15) is 35.1 Å². The quantitative estimate of drug-likeness (QED) is 0.549. The Labute approximate surface area is 248 Å². The number of nitriles is 1. The van der Waals surface area contributed by atoms with Gasteiger partial charge in [-0.25, -0.2) is 0 Å². The molecule has 2 aromatic rings. The number of hydrogen-bond donors (Lipinski definition) is 2. The molecular weight excluding hydrogens is 526 g/mol. The fourth-order valence-corrected chi connectivity index (χ4v) is 6.25. The molecule has 0 saturated carbocycles. The molecule has 42 heavy (non-hydrogen) atoms. The molecule has 6 rings (SSSR count). The van der Waals surface area contributed by atoms with Gasteiger partial charge in [0, 0.05) is 69.0 Å². The van der Waals surface area contributed by atoms with Crippen molar-refractivity contribution in [3.63, 3.8) is 0 Å². The Morgan fingerprint density at radius 3 is 2.48 bits per heavy atom. The number of ether oxygens (including phenoxy) is 2. The number of aliphatic imine (C=N–C) groups is 1. The Hall–Kier alpha value is -3.84. The fraction of sp³-hybridized carbons (Fsp3) is 0.455. The lowest BCUT2D eigenvalue weighted by molar-refractivity contribution is -0.0660. The van der Waals surface area contributed by atoms with Gasteiger partial charge in [0.25, 0.3) is 0 Å². The van der Waals surface area contributed by atoms with Gasteiger partial charge in [-0.05, 0) is 79.9 Å². The Morgan fingerprint density at radius 1 is 1.07 bits per heavy atom. The number of benzene rings is 2. The maximum atomic E-state index is 9.89. The summed E-state index contributed by atoms with van der Waals surface area (Å²) >= 11 is 0. The van der Waals surface area contributed by atoms with Crippen LogP contribution in [-0.4, -0.2) is 94.4 Å². The molecule has 9 nitrogen and oxygen atoms in total. The van der Waals surface area contributed by atoms with Crippen molar-refractivity contribution in [3.05, 3.63) is 70.3 Å². The van der Waals surface area contributed by atoms with Gasteiger partial charge in [-0.2, -0.15) is 5.26 Å². The molecule has 4 aliphatic rings. The molecule has 0 spiro atoms. The molecule has 4 aliphatic heterocycles. The van der Waals surface area contributed by atoms with Crippen LogP contribution in [0.4, 0.5) is 5.69 Å². The number of nitrogens with two attached hydrogens (primary N) is 1. The van der Waals surface area contributed by atoms with Crippen LogP contribution in [0.15, 0.2) is 53.0 Å². The van der Waals surface area contributed by atoms with E-state index in [1.54, 1.807) is 7.05 Å². The van der Waals surface area contributed by atoms with Crippen LogP contribution in [0.25, 0.3) is 11.4 Å². The summed E-state index contributed by atoms with van der Waals surface area (Å²) in [5.74, 6) is 1.33. The predicted molar refractivity (Wildman–Crippen MR) is 167 cm³/mol. The molecule has 0 aliphatic carbocycles. The second-order valence-corrected chi connectivity index (χ2v) is 11.7. The van der Waals surface area contributed by atoms with E-state index in [1.165, 1.54) is 11.3 Å². The van der Waals surface area contributed by atoms with E-state index in [2.05, 4.69) is 69.3 Å². The summed E-state index contributed by atoms with van der Waals surface area (Å²) in [7, 11) is 3.88. The number of likely N-dealkylation sites (tertiary alicyclic amines) is 1. The number of rotatable bonds is 6. The number of piperazine rings is 1. The summed E-state index contributed by atoms with van der Waals surface area (Å²) in [6.45, 7) is 10.1. The summed E-state index contributed by atoms with van der Waals surface area (Å²) in [6, 6.07) is 15.2. The Morgan fingerprint density at radius 2 is 1.83 bits per heavy atom. The highest BCUT2D eigenvalue weighted by Crippen LogP contribution is 2.31. The van der Waals surface area contributed by atoms with Crippen molar-refractivity contribution in [2.45, 2.75) is 31.9 Å². The van der Waals surface area contributed by atoms with E-state index in [1.807, 2.05) is 18.2 Å². The van der Waals surface area contributed by atoms with Crippen molar-refractivity contribution < 1.29 is 9.47 Å². The number of anilines is 1. The lowest BCUT2D eigenvalue weighted by Crippen LogP contribution is -2.56. The molecule has 2 aromatic carbocycles. The number of amidine groups is 1. The van der Waals surface area contributed by atoms with Crippen molar-refractivity contribution in [3.8, 4) is 11.8 Å². The third-order valence-corrected chi connectivity index (χ3v) is 8.98. The number of hydrogen-bond acceptors (Lipinski definition) is 8. The summed E-state index contributed by atoms with van der Waals surface area (Å²) in [6.07, 6.45) is 4.09. The standard InChI is InChI=1S/C33H41N7O2/c1-22-16-23(4-6-30(22)40-14-12-39(13-15-40)26-20-41-21-26)29-18-28(33(36-2)37-29)32(35)24-5-7-31(25(17-24)19-34)42-27-8-10-38(3)11-9-27/h4-7,16-18,26-27H,8-15,20-21,35H2,1-3H3,(H,36,37)/b32-28-. The van der Waals surface area contributed by atoms with Crippen LogP contribution in [0, 0.1) is 18.3 Å². The molecule has 0 bridgehead atoms. The minimum Gasteiger partial charge on any atom is -0.489 e. The predicted octanol–water partition coefficient (Wildman–Crippen LogP) is 3.20. The topological polar surface area (TPSA) is 102 Å². The maximum absolute atomic E-state index is 9.89. The minimum absolute atomic E-state index is 0.125. The lowest BCUT2D eigenvalue weighted by atomic mass is 10.0. The van der Waals surface area contributed by atoms with Gasteiger partial charge in [-0.15, -0.1) is 0 Å². The van der Waals surface area contributed by atoms with Crippen molar-refractivity contribution >= 4 is 22.9 Å². The van der Waals surface area contributed by atoms with Crippen molar-refractivity contribution in [1.29, 1.82) is 5.26 Å². The Kier molecular flexibility index (Phi) is 8.20. The molecule has 0 amide bonds. The number of piperidine rings is 1. The zero-order valence-corrected chi connectivity index (χ0v) is 24.9.